The lowest BCUT2D eigenvalue weighted by atomic mass is 10.0. The van der Waals surface area contributed by atoms with Crippen LogP contribution in [0.1, 0.15) is 27.6 Å². The summed E-state index contributed by atoms with van der Waals surface area (Å²) in [5, 5.41) is 1.29. The molecule has 0 spiro atoms. The van der Waals surface area contributed by atoms with E-state index in [2.05, 4.69) is 0 Å². The van der Waals surface area contributed by atoms with Crippen molar-refractivity contribution in [2.45, 2.75) is 6.92 Å². The molecule has 0 aliphatic rings. The van der Waals surface area contributed by atoms with E-state index in [1.807, 2.05) is 0 Å². The molecule has 102 valence electrons. The Morgan fingerprint density at radius 1 is 0.950 bits per heavy atom. The molecule has 0 saturated heterocycles. The number of benzene rings is 2. The number of hydrogen-bond donors (Lipinski definition) is 2. The van der Waals surface area contributed by atoms with Crippen molar-refractivity contribution in [1.29, 1.82) is 0 Å². The first-order chi connectivity index (χ1) is 9.38. The van der Waals surface area contributed by atoms with E-state index < -0.39 is 17.8 Å². The van der Waals surface area contributed by atoms with Crippen molar-refractivity contribution in [3.63, 3.8) is 0 Å². The molecule has 2 aromatic carbocycles. The van der Waals surface area contributed by atoms with E-state index in [0.29, 0.717) is 16.3 Å². The van der Waals surface area contributed by atoms with Crippen LogP contribution in [0.2, 0.25) is 0 Å². The molecule has 20 heavy (non-hydrogen) atoms. The highest BCUT2D eigenvalue weighted by Crippen LogP contribution is 2.27. The molecule has 0 bridgehead atoms. The molecule has 0 aliphatic heterocycles. The highest BCUT2D eigenvalue weighted by atomic mass is 16.5. The number of rotatable bonds is 3. The Bertz CT molecular complexity index is 737. The van der Waals surface area contributed by atoms with Crippen LogP contribution in [0.4, 0.5) is 0 Å². The molecule has 0 heterocycles. The summed E-state index contributed by atoms with van der Waals surface area (Å²) in [7, 11) is 0. The molecule has 6 heteroatoms. The lowest BCUT2D eigenvalue weighted by Gasteiger charge is -2.09. The van der Waals surface area contributed by atoms with Crippen LogP contribution >= 0.6 is 0 Å². The Balaban J connectivity index is 2.67. The topological polar surface area (TPSA) is 112 Å². The first-order valence-corrected chi connectivity index (χ1v) is 5.74. The summed E-state index contributed by atoms with van der Waals surface area (Å²) in [4.78, 5) is 33.6. The van der Waals surface area contributed by atoms with E-state index in [0.717, 1.165) is 0 Å². The predicted octanol–water partition coefficient (Wildman–Crippen LogP) is 0.963. The second-order valence-corrected chi connectivity index (χ2v) is 4.23. The lowest BCUT2D eigenvalue weighted by Crippen LogP contribution is -2.15. The number of primary amides is 2. The van der Waals surface area contributed by atoms with Crippen LogP contribution < -0.4 is 16.2 Å². The number of nitrogens with two attached hydrogens (primary N) is 2. The molecule has 6 nitrogen and oxygen atoms in total. The molecule has 0 aromatic heterocycles. The summed E-state index contributed by atoms with van der Waals surface area (Å²) in [5.74, 6) is -1.77. The van der Waals surface area contributed by atoms with Crippen molar-refractivity contribution in [3.8, 4) is 5.75 Å². The van der Waals surface area contributed by atoms with Gasteiger partial charge in [0.05, 0.1) is 5.56 Å². The highest BCUT2D eigenvalue weighted by Gasteiger charge is 2.14. The molecule has 0 unspecified atom stereocenters. The summed E-state index contributed by atoms with van der Waals surface area (Å²) >= 11 is 0. The SMILES string of the molecule is CC(=O)Oc1cc2ccc(C(N)=O)cc2cc1C(N)=O. The van der Waals surface area contributed by atoms with Gasteiger partial charge < -0.3 is 16.2 Å². The third-order valence-electron chi connectivity index (χ3n) is 2.74. The van der Waals surface area contributed by atoms with Crippen molar-refractivity contribution >= 4 is 28.6 Å². The van der Waals surface area contributed by atoms with Crippen LogP contribution in [0.3, 0.4) is 0 Å². The third kappa shape index (κ3) is 2.59. The molecule has 0 saturated carbocycles. The van der Waals surface area contributed by atoms with E-state index in [1.165, 1.54) is 19.1 Å². The van der Waals surface area contributed by atoms with Gasteiger partial charge in [0.2, 0.25) is 5.91 Å². The standard InChI is InChI=1S/C14H12N2O4/c1-7(17)20-12-6-8-2-3-9(13(15)18)4-10(8)5-11(12)14(16)19/h2-6H,1H3,(H2,15,18)(H2,16,19). The van der Waals surface area contributed by atoms with Gasteiger partial charge in [-0.25, -0.2) is 0 Å². The van der Waals surface area contributed by atoms with Crippen LogP contribution in [0.15, 0.2) is 30.3 Å². The van der Waals surface area contributed by atoms with Crippen LogP contribution in [0, 0.1) is 0 Å². The van der Waals surface area contributed by atoms with Gasteiger partial charge in [-0.05, 0) is 35.0 Å². The number of fused-ring (bicyclic) bond motifs is 1. The monoisotopic (exact) mass is 272 g/mol. The highest BCUT2D eigenvalue weighted by molar-refractivity contribution is 6.03. The van der Waals surface area contributed by atoms with Gasteiger partial charge in [-0.1, -0.05) is 6.07 Å². The van der Waals surface area contributed by atoms with E-state index in [9.17, 15) is 14.4 Å². The number of carbonyl (C=O) groups excluding carboxylic acids is 3. The van der Waals surface area contributed by atoms with E-state index in [4.69, 9.17) is 16.2 Å². The fourth-order valence-electron chi connectivity index (χ4n) is 1.86. The fourth-order valence-corrected chi connectivity index (χ4v) is 1.86. The minimum Gasteiger partial charge on any atom is -0.426 e. The first kappa shape index (κ1) is 13.5. The molecule has 0 atom stereocenters. The smallest absolute Gasteiger partial charge is 0.308 e. The molecular weight excluding hydrogens is 260 g/mol. The van der Waals surface area contributed by atoms with Crippen molar-refractivity contribution in [2.75, 3.05) is 0 Å². The third-order valence-corrected chi connectivity index (χ3v) is 2.74. The Morgan fingerprint density at radius 3 is 2.20 bits per heavy atom. The van der Waals surface area contributed by atoms with E-state index >= 15 is 0 Å². The minimum atomic E-state index is -0.729. The number of esters is 1. The summed E-state index contributed by atoms with van der Waals surface area (Å²) in [6.45, 7) is 1.23. The van der Waals surface area contributed by atoms with Gasteiger partial charge in [-0.2, -0.15) is 0 Å². The Labute approximate surface area is 114 Å². The van der Waals surface area contributed by atoms with Crippen LogP contribution in [-0.4, -0.2) is 17.8 Å². The van der Waals surface area contributed by atoms with Crippen LogP contribution in [-0.2, 0) is 4.79 Å². The second kappa shape index (κ2) is 5.00. The summed E-state index contributed by atoms with van der Waals surface area (Å²) in [6, 6.07) is 7.71. The Hall–Kier alpha value is -2.89. The molecule has 2 aromatic rings. The number of ether oxygens (including phenoxy) is 1. The number of hydrogen-bond acceptors (Lipinski definition) is 4. The fraction of sp³-hybridized carbons (Fsp3) is 0.0714. The van der Waals surface area contributed by atoms with Crippen LogP contribution in [0.5, 0.6) is 5.75 Å². The van der Waals surface area contributed by atoms with Gasteiger partial charge in [0.25, 0.3) is 5.91 Å². The van der Waals surface area contributed by atoms with Gasteiger partial charge in [0, 0.05) is 12.5 Å². The maximum atomic E-state index is 11.4. The second-order valence-electron chi connectivity index (χ2n) is 4.23. The molecule has 0 aliphatic carbocycles. The van der Waals surface area contributed by atoms with Gasteiger partial charge in [-0.3, -0.25) is 14.4 Å². The van der Waals surface area contributed by atoms with Gasteiger partial charge in [0.1, 0.15) is 5.75 Å². The molecule has 0 fully saturated rings. The van der Waals surface area contributed by atoms with E-state index in [-0.39, 0.29) is 11.3 Å². The Morgan fingerprint density at radius 2 is 1.65 bits per heavy atom. The summed E-state index contributed by atoms with van der Waals surface area (Å²) < 4.78 is 4.96. The average molecular weight is 272 g/mol. The minimum absolute atomic E-state index is 0.0642. The normalized spacial score (nSPS) is 10.2. The van der Waals surface area contributed by atoms with E-state index in [1.54, 1.807) is 18.2 Å². The number of carbonyl (C=O) groups is 3. The maximum Gasteiger partial charge on any atom is 0.308 e. The van der Waals surface area contributed by atoms with Gasteiger partial charge in [-0.15, -0.1) is 0 Å². The zero-order valence-electron chi connectivity index (χ0n) is 10.7. The quantitative estimate of drug-likeness (QED) is 0.640. The number of amides is 2. The van der Waals surface area contributed by atoms with Crippen molar-refractivity contribution in [2.24, 2.45) is 11.5 Å². The zero-order chi connectivity index (χ0) is 14.9. The van der Waals surface area contributed by atoms with Gasteiger partial charge in [0.15, 0.2) is 0 Å². The maximum absolute atomic E-state index is 11.4. The molecular formula is C14H12N2O4. The largest absolute Gasteiger partial charge is 0.426 e. The van der Waals surface area contributed by atoms with Gasteiger partial charge >= 0.3 is 5.97 Å². The average Bonchev–Trinajstić information content (AvgIpc) is 2.36. The zero-order valence-corrected chi connectivity index (χ0v) is 10.7. The predicted molar refractivity (Wildman–Crippen MR) is 72.3 cm³/mol. The lowest BCUT2D eigenvalue weighted by molar-refractivity contribution is -0.131. The van der Waals surface area contributed by atoms with Crippen LogP contribution in [0.25, 0.3) is 10.8 Å². The molecule has 2 rings (SSSR count). The van der Waals surface area contributed by atoms with Crippen molar-refractivity contribution < 1.29 is 19.1 Å². The van der Waals surface area contributed by atoms with Crippen molar-refractivity contribution in [1.82, 2.24) is 0 Å². The first-order valence-electron chi connectivity index (χ1n) is 5.74. The molecule has 4 N–H and O–H groups in total. The Kier molecular flexibility index (Phi) is 3.39. The summed E-state index contributed by atoms with van der Waals surface area (Å²) in [6.07, 6.45) is 0. The molecule has 0 radical (unpaired) electrons. The molecule has 2 amide bonds. The summed E-state index contributed by atoms with van der Waals surface area (Å²) in [5.41, 5.74) is 10.8. The van der Waals surface area contributed by atoms with Crippen molar-refractivity contribution in [3.05, 3.63) is 41.5 Å².